The minimum Gasteiger partial charge on any atom is -0.457 e. The zero-order chi connectivity index (χ0) is 26.3. The van der Waals surface area contributed by atoms with Crippen LogP contribution in [0.2, 0.25) is 0 Å². The van der Waals surface area contributed by atoms with E-state index in [-0.39, 0.29) is 30.9 Å². The van der Waals surface area contributed by atoms with Gasteiger partial charge in [-0.3, -0.25) is 0 Å². The van der Waals surface area contributed by atoms with E-state index in [4.69, 9.17) is 9.47 Å². The molecule has 0 unspecified atom stereocenters. The summed E-state index contributed by atoms with van der Waals surface area (Å²) in [4.78, 5) is 0. The monoisotopic (exact) mass is 510 g/mol. The van der Waals surface area contributed by atoms with Gasteiger partial charge in [0.05, 0.1) is 6.61 Å². The molecule has 0 aliphatic carbocycles. The van der Waals surface area contributed by atoms with Crippen molar-refractivity contribution < 1.29 is 50.4 Å². The van der Waals surface area contributed by atoms with Gasteiger partial charge in [0.25, 0.3) is 5.60 Å². The number of benzene rings is 2. The molecular weight excluding hydrogens is 482 g/mol. The Bertz CT molecular complexity index is 944. The van der Waals surface area contributed by atoms with Gasteiger partial charge in [0, 0.05) is 26.4 Å². The highest BCUT2D eigenvalue weighted by atomic mass is 19.4. The lowest BCUT2D eigenvalue weighted by atomic mass is 9.89. The van der Waals surface area contributed by atoms with Crippen LogP contribution in [0.15, 0.2) is 36.4 Å². The second kappa shape index (κ2) is 12.1. The number of methoxy groups -OCH3 is 2. The number of aliphatic hydroxyl groups excluding tert-OH is 1. The Labute approximate surface area is 199 Å². The average Bonchev–Trinajstić information content (AvgIpc) is 2.76. The van der Waals surface area contributed by atoms with Crippen molar-refractivity contribution in [3.8, 4) is 11.5 Å². The third-order valence-electron chi connectivity index (χ3n) is 5.26. The summed E-state index contributed by atoms with van der Waals surface area (Å²) in [5.74, 6) is 0.427. The van der Waals surface area contributed by atoms with Crippen LogP contribution in [-0.2, 0) is 39.3 Å². The average molecular weight is 510 g/mol. The standard InChI is InChI=1S/C24H28F6O5/c1-4-5-17-12-19(22(23(25,26)27,24(28,29)30)34-15-33-3)7-9-21(17)35-20-8-6-16(10-11-31)18(13-20)14-32-2/h6-9,12-13,31H,4-5,10-11,14-15H2,1-3H3. The second-order valence-corrected chi connectivity index (χ2v) is 7.74. The summed E-state index contributed by atoms with van der Waals surface area (Å²) in [5, 5.41) is 9.22. The molecule has 1 N–H and O–H groups in total. The van der Waals surface area contributed by atoms with E-state index in [1.165, 1.54) is 7.11 Å². The number of alkyl halides is 6. The highest BCUT2D eigenvalue weighted by Crippen LogP contribution is 2.53. The predicted molar refractivity (Wildman–Crippen MR) is 115 cm³/mol. The van der Waals surface area contributed by atoms with Crippen LogP contribution in [-0.4, -0.2) is 45.1 Å². The molecule has 5 nitrogen and oxygen atoms in total. The number of ether oxygens (including phenoxy) is 4. The summed E-state index contributed by atoms with van der Waals surface area (Å²) in [6.45, 7) is 0.663. The van der Waals surface area contributed by atoms with Gasteiger partial charge in [-0.05, 0) is 53.8 Å². The summed E-state index contributed by atoms with van der Waals surface area (Å²) in [7, 11) is 2.42. The first kappa shape index (κ1) is 28.9. The Morgan fingerprint density at radius 2 is 1.49 bits per heavy atom. The minimum atomic E-state index is -5.81. The van der Waals surface area contributed by atoms with Crippen molar-refractivity contribution in [1.29, 1.82) is 0 Å². The molecule has 2 aromatic rings. The zero-order valence-corrected chi connectivity index (χ0v) is 19.6. The topological polar surface area (TPSA) is 57.2 Å². The van der Waals surface area contributed by atoms with Gasteiger partial charge >= 0.3 is 12.4 Å². The zero-order valence-electron chi connectivity index (χ0n) is 19.6. The molecule has 0 heterocycles. The lowest BCUT2D eigenvalue weighted by Crippen LogP contribution is -2.56. The Hall–Kier alpha value is -2.34. The molecule has 0 radical (unpaired) electrons. The molecule has 0 aromatic heterocycles. The van der Waals surface area contributed by atoms with Crippen LogP contribution in [0.1, 0.15) is 35.6 Å². The Morgan fingerprint density at radius 3 is 2.03 bits per heavy atom. The number of aryl methyl sites for hydroxylation is 1. The van der Waals surface area contributed by atoms with Gasteiger partial charge in [-0.1, -0.05) is 25.5 Å². The van der Waals surface area contributed by atoms with E-state index in [2.05, 4.69) is 9.47 Å². The van der Waals surface area contributed by atoms with Crippen molar-refractivity contribution in [3.63, 3.8) is 0 Å². The molecule has 2 rings (SSSR count). The van der Waals surface area contributed by atoms with E-state index >= 15 is 0 Å². The van der Waals surface area contributed by atoms with Gasteiger partial charge in [-0.15, -0.1) is 0 Å². The Balaban J connectivity index is 2.57. The number of hydrogen-bond donors (Lipinski definition) is 1. The lowest BCUT2D eigenvalue weighted by Gasteiger charge is -2.37. The molecule has 11 heteroatoms. The molecule has 0 saturated carbocycles. The van der Waals surface area contributed by atoms with Crippen LogP contribution in [0.4, 0.5) is 26.3 Å². The fourth-order valence-electron chi connectivity index (χ4n) is 3.69. The highest BCUT2D eigenvalue weighted by molar-refractivity contribution is 5.45. The fraction of sp³-hybridized carbons (Fsp3) is 0.500. The number of hydrogen-bond acceptors (Lipinski definition) is 5. The molecule has 196 valence electrons. The summed E-state index contributed by atoms with van der Waals surface area (Å²) >= 11 is 0. The van der Waals surface area contributed by atoms with Crippen molar-refractivity contribution in [2.45, 2.75) is 50.7 Å². The van der Waals surface area contributed by atoms with E-state index in [1.54, 1.807) is 25.1 Å². The molecule has 0 aliphatic rings. The van der Waals surface area contributed by atoms with Gasteiger partial charge in [0.15, 0.2) is 0 Å². The molecule has 35 heavy (non-hydrogen) atoms. The highest BCUT2D eigenvalue weighted by Gasteiger charge is 2.73. The maximum atomic E-state index is 13.9. The summed E-state index contributed by atoms with van der Waals surface area (Å²) in [6.07, 6.45) is -10.6. The van der Waals surface area contributed by atoms with E-state index in [9.17, 15) is 31.4 Å². The first-order valence-corrected chi connectivity index (χ1v) is 10.7. The van der Waals surface area contributed by atoms with E-state index in [1.807, 2.05) is 0 Å². The molecule has 0 saturated heterocycles. The van der Waals surface area contributed by atoms with Crippen molar-refractivity contribution in [2.75, 3.05) is 27.6 Å². The maximum Gasteiger partial charge on any atom is 0.430 e. The number of halogens is 6. The van der Waals surface area contributed by atoms with Crippen molar-refractivity contribution >= 4 is 0 Å². The first-order valence-electron chi connectivity index (χ1n) is 10.7. The summed E-state index contributed by atoms with van der Waals surface area (Å²) < 4.78 is 103. The third-order valence-corrected chi connectivity index (χ3v) is 5.26. The molecule has 0 atom stereocenters. The van der Waals surface area contributed by atoms with Crippen LogP contribution in [0.3, 0.4) is 0 Å². The molecule has 0 spiro atoms. The quantitative estimate of drug-likeness (QED) is 0.278. The van der Waals surface area contributed by atoms with Gasteiger partial charge in [0.2, 0.25) is 0 Å². The molecule has 2 aromatic carbocycles. The third kappa shape index (κ3) is 6.46. The molecule has 0 amide bonds. The van der Waals surface area contributed by atoms with Crippen molar-refractivity contribution in [2.24, 2.45) is 0 Å². The number of aliphatic hydroxyl groups is 1. The fourth-order valence-corrected chi connectivity index (χ4v) is 3.69. The van der Waals surface area contributed by atoms with Crippen LogP contribution < -0.4 is 4.74 Å². The molecule has 0 aliphatic heterocycles. The molecule has 0 fully saturated rings. The van der Waals surface area contributed by atoms with Crippen molar-refractivity contribution in [1.82, 2.24) is 0 Å². The van der Waals surface area contributed by atoms with Crippen molar-refractivity contribution in [3.05, 3.63) is 58.7 Å². The SMILES string of the molecule is CCCc1cc(C(OCOC)(C(F)(F)F)C(F)(F)F)ccc1Oc1ccc(CCO)c(COC)c1. The van der Waals surface area contributed by atoms with Gasteiger partial charge in [-0.25, -0.2) is 0 Å². The Kier molecular flexibility index (Phi) is 9.96. The summed E-state index contributed by atoms with van der Waals surface area (Å²) in [5.41, 5.74) is -4.00. The molecule has 0 bridgehead atoms. The van der Waals surface area contributed by atoms with Crippen LogP contribution >= 0.6 is 0 Å². The lowest BCUT2D eigenvalue weighted by molar-refractivity contribution is -0.400. The summed E-state index contributed by atoms with van der Waals surface area (Å²) in [6, 6.07) is 7.54. The van der Waals surface area contributed by atoms with Crippen LogP contribution in [0.5, 0.6) is 11.5 Å². The Morgan fingerprint density at radius 1 is 0.800 bits per heavy atom. The second-order valence-electron chi connectivity index (χ2n) is 7.74. The van der Waals surface area contributed by atoms with Gasteiger partial charge in [-0.2, -0.15) is 26.3 Å². The predicted octanol–water partition coefficient (Wildman–Crippen LogP) is 6.05. The smallest absolute Gasteiger partial charge is 0.430 e. The van der Waals surface area contributed by atoms with E-state index in [0.29, 0.717) is 24.7 Å². The van der Waals surface area contributed by atoms with E-state index in [0.717, 1.165) is 30.4 Å². The first-order chi connectivity index (χ1) is 16.4. The number of rotatable bonds is 12. The van der Waals surface area contributed by atoms with Crippen LogP contribution in [0, 0.1) is 0 Å². The molecular formula is C24H28F6O5. The van der Waals surface area contributed by atoms with Crippen LogP contribution in [0.25, 0.3) is 0 Å². The minimum absolute atomic E-state index is 0.0790. The maximum absolute atomic E-state index is 13.9. The van der Waals surface area contributed by atoms with Gasteiger partial charge in [0.1, 0.15) is 18.3 Å². The van der Waals surface area contributed by atoms with Gasteiger partial charge < -0.3 is 24.1 Å². The van der Waals surface area contributed by atoms with E-state index < -0.39 is 30.3 Å². The largest absolute Gasteiger partial charge is 0.457 e. The normalized spacial score (nSPS) is 12.7.